The molecule has 13 nitrogen and oxygen atoms in total. The summed E-state index contributed by atoms with van der Waals surface area (Å²) in [4.78, 5) is 11.3. The topological polar surface area (TPSA) is 205 Å². The van der Waals surface area contributed by atoms with Crippen LogP contribution in [0, 0.1) is 5.92 Å². The van der Waals surface area contributed by atoms with Crippen LogP contribution in [0.15, 0.2) is 12.2 Å². The SMILES string of the molecule is CCOC(=O)CCCCCCC/C=C/CCCCCCC(C)OC1OC(CO)C(O)C(O)C1COCC1OC(CO)C(O)C(O)C1O. The fraction of sp³-hybridized carbons (Fsp3) is 0.912. The Labute approximate surface area is 279 Å². The maximum atomic E-state index is 11.3. The van der Waals surface area contributed by atoms with Crippen molar-refractivity contribution in [1.29, 1.82) is 0 Å². The Balaban J connectivity index is 1.64. The van der Waals surface area contributed by atoms with Gasteiger partial charge < -0.3 is 59.4 Å². The highest BCUT2D eigenvalue weighted by atomic mass is 16.7. The largest absolute Gasteiger partial charge is 0.466 e. The zero-order chi connectivity index (χ0) is 34.6. The highest BCUT2D eigenvalue weighted by Gasteiger charge is 2.47. The summed E-state index contributed by atoms with van der Waals surface area (Å²) in [7, 11) is 0. The normalized spacial score (nSPS) is 32.1. The summed E-state index contributed by atoms with van der Waals surface area (Å²) >= 11 is 0. The molecule has 2 rings (SSSR count). The van der Waals surface area contributed by atoms with Gasteiger partial charge in [0.05, 0.1) is 51.2 Å². The van der Waals surface area contributed by atoms with Gasteiger partial charge in [-0.15, -0.1) is 0 Å². The number of hydrogen-bond acceptors (Lipinski definition) is 13. The second-order valence-corrected chi connectivity index (χ2v) is 12.8. The van der Waals surface area contributed by atoms with Crippen molar-refractivity contribution in [2.24, 2.45) is 5.92 Å². The lowest BCUT2D eigenvalue weighted by Crippen LogP contribution is -2.60. The van der Waals surface area contributed by atoms with Crippen molar-refractivity contribution < 1.29 is 64.2 Å². The molecule has 0 aliphatic carbocycles. The molecule has 11 unspecified atom stereocenters. The number of carbonyl (C=O) groups is 1. The van der Waals surface area contributed by atoms with Gasteiger partial charge in [-0.05, 0) is 52.4 Å². The maximum absolute atomic E-state index is 11.3. The van der Waals surface area contributed by atoms with Crippen molar-refractivity contribution in [2.45, 2.75) is 159 Å². The minimum atomic E-state index is -1.53. The van der Waals surface area contributed by atoms with E-state index in [1.54, 1.807) is 0 Å². The molecule has 13 heteroatoms. The van der Waals surface area contributed by atoms with Gasteiger partial charge in [-0.25, -0.2) is 0 Å². The van der Waals surface area contributed by atoms with Crippen LogP contribution in [0.5, 0.6) is 0 Å². The lowest BCUT2D eigenvalue weighted by molar-refractivity contribution is -0.304. The number of allylic oxidation sites excluding steroid dienone is 2. The highest BCUT2D eigenvalue weighted by molar-refractivity contribution is 5.69. The lowest BCUT2D eigenvalue weighted by Gasteiger charge is -2.43. The molecular weight excluding hydrogens is 616 g/mol. The summed E-state index contributed by atoms with van der Waals surface area (Å²) in [5.41, 5.74) is 0. The summed E-state index contributed by atoms with van der Waals surface area (Å²) < 4.78 is 28.0. The van der Waals surface area contributed by atoms with Crippen molar-refractivity contribution in [3.8, 4) is 0 Å². The van der Waals surface area contributed by atoms with E-state index in [-0.39, 0.29) is 25.3 Å². The van der Waals surface area contributed by atoms with E-state index in [0.29, 0.717) is 13.0 Å². The summed E-state index contributed by atoms with van der Waals surface area (Å²) in [5, 5.41) is 70.5. The highest BCUT2D eigenvalue weighted by Crippen LogP contribution is 2.30. The molecule has 0 aromatic carbocycles. The molecule has 276 valence electrons. The summed E-state index contributed by atoms with van der Waals surface area (Å²) in [6, 6.07) is 0. The molecule has 47 heavy (non-hydrogen) atoms. The van der Waals surface area contributed by atoms with Crippen molar-refractivity contribution in [1.82, 2.24) is 0 Å². The zero-order valence-corrected chi connectivity index (χ0v) is 28.3. The van der Waals surface area contributed by atoms with E-state index in [2.05, 4.69) is 12.2 Å². The molecule has 0 aromatic rings. The first-order valence-corrected chi connectivity index (χ1v) is 17.6. The van der Waals surface area contributed by atoms with Crippen molar-refractivity contribution in [2.75, 3.05) is 33.0 Å². The average Bonchev–Trinajstić information content (AvgIpc) is 3.05. The summed E-state index contributed by atoms with van der Waals surface area (Å²) in [6.07, 6.45) is 6.13. The lowest BCUT2D eigenvalue weighted by atomic mass is 9.91. The molecule has 0 bridgehead atoms. The molecule has 0 amide bonds. The second-order valence-electron chi connectivity index (χ2n) is 12.8. The molecular formula is C34H62O13. The first kappa shape index (κ1) is 41.9. The Morgan fingerprint density at radius 1 is 0.702 bits per heavy atom. The summed E-state index contributed by atoms with van der Waals surface area (Å²) in [5.74, 6) is -0.915. The van der Waals surface area contributed by atoms with Gasteiger partial charge in [-0.1, -0.05) is 50.7 Å². The van der Waals surface area contributed by atoms with Crippen molar-refractivity contribution in [3.05, 3.63) is 12.2 Å². The van der Waals surface area contributed by atoms with Gasteiger partial charge in [0, 0.05) is 6.42 Å². The third-order valence-corrected chi connectivity index (χ3v) is 8.91. The Kier molecular flexibility index (Phi) is 21.4. The molecule has 2 aliphatic rings. The standard InChI is InChI=1S/C34H62O13/c1-3-44-28(37)18-16-14-12-10-8-6-4-5-7-9-11-13-15-17-23(2)45-34-24(29(38)30(39)26(20-36)47-34)21-43-22-27-32(41)33(42)31(40)25(19-35)46-27/h4-5,23-27,29-36,38-42H,3,6-22H2,1-2H3/b5-4+. The van der Waals surface area contributed by atoms with E-state index < -0.39 is 74.3 Å². The number of ether oxygens (including phenoxy) is 5. The fourth-order valence-corrected chi connectivity index (χ4v) is 5.96. The Morgan fingerprint density at radius 2 is 1.26 bits per heavy atom. The van der Waals surface area contributed by atoms with Crippen LogP contribution in [-0.2, 0) is 28.5 Å². The van der Waals surface area contributed by atoms with E-state index in [9.17, 15) is 40.5 Å². The Morgan fingerprint density at radius 3 is 1.89 bits per heavy atom. The minimum absolute atomic E-state index is 0.0989. The molecule has 2 fully saturated rings. The molecule has 0 aromatic heterocycles. The Bertz CT molecular complexity index is 843. The van der Waals surface area contributed by atoms with E-state index in [0.717, 1.165) is 64.2 Å². The van der Waals surface area contributed by atoms with Crippen LogP contribution in [-0.4, -0.2) is 136 Å². The van der Waals surface area contributed by atoms with Crippen LogP contribution in [0.25, 0.3) is 0 Å². The average molecular weight is 679 g/mol. The Hall–Kier alpha value is -1.23. The first-order chi connectivity index (χ1) is 22.6. The van der Waals surface area contributed by atoms with Crippen LogP contribution in [0.2, 0.25) is 0 Å². The molecule has 2 saturated heterocycles. The van der Waals surface area contributed by atoms with E-state index in [4.69, 9.17) is 23.7 Å². The van der Waals surface area contributed by atoms with Gasteiger partial charge in [0.15, 0.2) is 6.29 Å². The predicted octanol–water partition coefficient (Wildman–Crippen LogP) is 1.50. The van der Waals surface area contributed by atoms with Crippen LogP contribution >= 0.6 is 0 Å². The van der Waals surface area contributed by atoms with Crippen molar-refractivity contribution >= 4 is 5.97 Å². The van der Waals surface area contributed by atoms with E-state index >= 15 is 0 Å². The third kappa shape index (κ3) is 15.0. The molecule has 7 N–H and O–H groups in total. The van der Waals surface area contributed by atoms with Gasteiger partial charge in [-0.2, -0.15) is 0 Å². The van der Waals surface area contributed by atoms with Gasteiger partial charge >= 0.3 is 5.97 Å². The zero-order valence-electron chi connectivity index (χ0n) is 28.3. The van der Waals surface area contributed by atoms with Gasteiger partial charge in [0.25, 0.3) is 0 Å². The number of rotatable bonds is 24. The molecule has 2 aliphatic heterocycles. The quantitative estimate of drug-likeness (QED) is 0.0440. The number of unbranched alkanes of at least 4 members (excludes halogenated alkanes) is 9. The molecule has 0 spiro atoms. The van der Waals surface area contributed by atoms with Gasteiger partial charge in [0.1, 0.15) is 42.7 Å². The monoisotopic (exact) mass is 678 g/mol. The predicted molar refractivity (Wildman–Crippen MR) is 172 cm³/mol. The molecule has 0 radical (unpaired) electrons. The smallest absolute Gasteiger partial charge is 0.305 e. The first-order valence-electron chi connectivity index (χ1n) is 17.6. The number of carbonyl (C=O) groups excluding carboxylic acids is 1. The van der Waals surface area contributed by atoms with Crippen molar-refractivity contribution in [3.63, 3.8) is 0 Å². The third-order valence-electron chi connectivity index (χ3n) is 8.91. The number of esters is 1. The number of aliphatic hydroxyl groups excluding tert-OH is 7. The van der Waals surface area contributed by atoms with Gasteiger partial charge in [-0.3, -0.25) is 4.79 Å². The van der Waals surface area contributed by atoms with Crippen LogP contribution in [0.1, 0.15) is 97.3 Å². The molecule has 2 heterocycles. The molecule has 11 atom stereocenters. The number of hydrogen-bond donors (Lipinski definition) is 7. The minimum Gasteiger partial charge on any atom is -0.466 e. The fourth-order valence-electron chi connectivity index (χ4n) is 5.96. The van der Waals surface area contributed by atoms with E-state index in [1.807, 2.05) is 13.8 Å². The van der Waals surface area contributed by atoms with Crippen LogP contribution in [0.4, 0.5) is 0 Å². The van der Waals surface area contributed by atoms with Gasteiger partial charge in [0.2, 0.25) is 0 Å². The molecule has 0 saturated carbocycles. The van der Waals surface area contributed by atoms with Crippen LogP contribution < -0.4 is 0 Å². The maximum Gasteiger partial charge on any atom is 0.305 e. The second kappa shape index (κ2) is 24.0. The van der Waals surface area contributed by atoms with E-state index in [1.165, 1.54) is 12.8 Å². The van der Waals surface area contributed by atoms with Crippen LogP contribution in [0.3, 0.4) is 0 Å². The number of aliphatic hydroxyl groups is 7. The summed E-state index contributed by atoms with van der Waals surface area (Å²) in [6.45, 7) is 2.76.